The lowest BCUT2D eigenvalue weighted by Gasteiger charge is -2.20. The quantitative estimate of drug-likeness (QED) is 0.927. The first-order chi connectivity index (χ1) is 9.19. The van der Waals surface area contributed by atoms with E-state index in [9.17, 15) is 17.2 Å². The van der Waals surface area contributed by atoms with Crippen molar-refractivity contribution in [3.05, 3.63) is 29.3 Å². The minimum Gasteiger partial charge on any atom is -0.326 e. The monoisotopic (exact) mass is 304 g/mol. The van der Waals surface area contributed by atoms with Gasteiger partial charge in [0.2, 0.25) is 10.0 Å². The molecule has 7 heteroatoms. The van der Waals surface area contributed by atoms with Crippen LogP contribution in [0.25, 0.3) is 0 Å². The maximum absolute atomic E-state index is 14.1. The Hall–Kier alpha value is -1.05. The van der Waals surface area contributed by atoms with Crippen molar-refractivity contribution >= 4 is 10.0 Å². The SMILES string of the molecule is CC1(C)CCN(S(=O)(=O)c2ccc(F)c(CN)c2F)C1. The van der Waals surface area contributed by atoms with Crippen molar-refractivity contribution in [2.45, 2.75) is 31.7 Å². The fraction of sp³-hybridized carbons (Fsp3) is 0.538. The fourth-order valence-electron chi connectivity index (χ4n) is 2.37. The molecule has 0 radical (unpaired) electrons. The lowest BCUT2D eigenvalue weighted by Crippen LogP contribution is -2.31. The van der Waals surface area contributed by atoms with Crippen LogP contribution in [0.1, 0.15) is 25.8 Å². The largest absolute Gasteiger partial charge is 0.326 e. The summed E-state index contributed by atoms with van der Waals surface area (Å²) in [4.78, 5) is -0.503. The Morgan fingerprint density at radius 2 is 2.00 bits per heavy atom. The average molecular weight is 304 g/mol. The van der Waals surface area contributed by atoms with E-state index in [1.165, 1.54) is 4.31 Å². The molecule has 1 aliphatic rings. The van der Waals surface area contributed by atoms with E-state index in [4.69, 9.17) is 5.73 Å². The van der Waals surface area contributed by atoms with Crippen LogP contribution in [0.15, 0.2) is 17.0 Å². The molecular weight excluding hydrogens is 286 g/mol. The molecule has 1 fully saturated rings. The molecule has 1 heterocycles. The highest BCUT2D eigenvalue weighted by Crippen LogP contribution is 2.34. The Morgan fingerprint density at radius 1 is 1.35 bits per heavy atom. The third kappa shape index (κ3) is 2.57. The summed E-state index contributed by atoms with van der Waals surface area (Å²) in [5.74, 6) is -1.91. The van der Waals surface area contributed by atoms with Gasteiger partial charge in [-0.15, -0.1) is 0 Å². The number of nitrogens with two attached hydrogens (primary N) is 1. The Labute approximate surface area is 117 Å². The molecule has 0 bridgehead atoms. The summed E-state index contributed by atoms with van der Waals surface area (Å²) in [6.45, 7) is 4.18. The lowest BCUT2D eigenvalue weighted by atomic mass is 9.93. The van der Waals surface area contributed by atoms with Crippen LogP contribution >= 0.6 is 0 Å². The van der Waals surface area contributed by atoms with E-state index in [0.29, 0.717) is 19.5 Å². The first-order valence-electron chi connectivity index (χ1n) is 6.36. The van der Waals surface area contributed by atoms with Gasteiger partial charge in [0.1, 0.15) is 10.7 Å². The summed E-state index contributed by atoms with van der Waals surface area (Å²) in [7, 11) is -3.95. The van der Waals surface area contributed by atoms with Crippen LogP contribution in [-0.2, 0) is 16.6 Å². The Kier molecular flexibility index (Phi) is 3.88. The second kappa shape index (κ2) is 5.05. The van der Waals surface area contributed by atoms with Crippen molar-refractivity contribution in [1.29, 1.82) is 0 Å². The van der Waals surface area contributed by atoms with Crippen molar-refractivity contribution in [1.82, 2.24) is 4.31 Å². The Morgan fingerprint density at radius 3 is 2.50 bits per heavy atom. The molecule has 0 aromatic heterocycles. The molecule has 1 aliphatic heterocycles. The predicted octanol–water partition coefficient (Wildman–Crippen LogP) is 1.84. The Balaban J connectivity index is 2.46. The van der Waals surface area contributed by atoms with E-state index in [2.05, 4.69) is 0 Å². The molecular formula is C13H18F2N2O2S. The van der Waals surface area contributed by atoms with Crippen LogP contribution in [0, 0.1) is 17.0 Å². The number of halogens is 2. The second-order valence-corrected chi connectivity index (χ2v) is 7.70. The molecule has 0 aliphatic carbocycles. The summed E-state index contributed by atoms with van der Waals surface area (Å²) in [6, 6.07) is 1.91. The van der Waals surface area contributed by atoms with Crippen molar-refractivity contribution in [3.8, 4) is 0 Å². The van der Waals surface area contributed by atoms with Crippen LogP contribution < -0.4 is 5.73 Å². The molecule has 2 rings (SSSR count). The van der Waals surface area contributed by atoms with E-state index < -0.39 is 32.1 Å². The minimum atomic E-state index is -3.95. The number of nitrogens with zero attached hydrogens (tertiary/aromatic N) is 1. The molecule has 0 amide bonds. The molecule has 112 valence electrons. The Bertz CT molecular complexity index is 630. The van der Waals surface area contributed by atoms with Crippen LogP contribution in [0.2, 0.25) is 0 Å². The number of sulfonamides is 1. The van der Waals surface area contributed by atoms with Gasteiger partial charge in [-0.2, -0.15) is 4.31 Å². The van der Waals surface area contributed by atoms with Crippen LogP contribution in [-0.4, -0.2) is 25.8 Å². The van der Waals surface area contributed by atoms with Gasteiger partial charge in [0.05, 0.1) is 0 Å². The fourth-order valence-corrected chi connectivity index (χ4v) is 4.09. The van der Waals surface area contributed by atoms with E-state index in [1.54, 1.807) is 0 Å². The van der Waals surface area contributed by atoms with Gasteiger partial charge in [-0.3, -0.25) is 0 Å². The third-order valence-electron chi connectivity index (χ3n) is 3.61. The van der Waals surface area contributed by atoms with Gasteiger partial charge < -0.3 is 5.73 Å². The molecule has 2 N–H and O–H groups in total. The van der Waals surface area contributed by atoms with Crippen LogP contribution in [0.5, 0.6) is 0 Å². The molecule has 1 saturated heterocycles. The molecule has 20 heavy (non-hydrogen) atoms. The van der Waals surface area contributed by atoms with Gasteiger partial charge in [0.25, 0.3) is 0 Å². The molecule has 0 unspecified atom stereocenters. The standard InChI is InChI=1S/C13H18F2N2O2S/c1-13(2)5-6-17(8-13)20(18,19)11-4-3-10(14)9(7-16)12(11)15/h3-4H,5-8,16H2,1-2H3. The highest BCUT2D eigenvalue weighted by molar-refractivity contribution is 7.89. The molecule has 0 saturated carbocycles. The highest BCUT2D eigenvalue weighted by Gasteiger charge is 2.38. The van der Waals surface area contributed by atoms with Gasteiger partial charge in [-0.1, -0.05) is 13.8 Å². The summed E-state index contributed by atoms with van der Waals surface area (Å²) in [5.41, 5.74) is 4.73. The number of rotatable bonds is 3. The highest BCUT2D eigenvalue weighted by atomic mass is 32.2. The number of hydrogen-bond acceptors (Lipinski definition) is 3. The summed E-state index contributed by atoms with van der Waals surface area (Å²) in [6.07, 6.45) is 0.707. The first-order valence-corrected chi connectivity index (χ1v) is 7.80. The molecule has 1 aromatic rings. The number of benzene rings is 1. The van der Waals surface area contributed by atoms with E-state index >= 15 is 0 Å². The van der Waals surface area contributed by atoms with Gasteiger partial charge in [0, 0.05) is 25.2 Å². The van der Waals surface area contributed by atoms with Crippen LogP contribution in [0.4, 0.5) is 8.78 Å². The maximum atomic E-state index is 14.1. The van der Waals surface area contributed by atoms with Crippen molar-refractivity contribution < 1.29 is 17.2 Å². The second-order valence-electron chi connectivity index (χ2n) is 5.79. The molecule has 0 spiro atoms. The van der Waals surface area contributed by atoms with E-state index in [-0.39, 0.29) is 12.0 Å². The maximum Gasteiger partial charge on any atom is 0.246 e. The number of hydrogen-bond donors (Lipinski definition) is 1. The van der Waals surface area contributed by atoms with Crippen molar-refractivity contribution in [2.75, 3.05) is 13.1 Å². The summed E-state index contributed by atoms with van der Waals surface area (Å²) >= 11 is 0. The van der Waals surface area contributed by atoms with Gasteiger partial charge >= 0.3 is 0 Å². The van der Waals surface area contributed by atoms with Gasteiger partial charge in [0.15, 0.2) is 5.82 Å². The lowest BCUT2D eigenvalue weighted by molar-refractivity contribution is 0.374. The summed E-state index contributed by atoms with van der Waals surface area (Å²) < 4.78 is 53.7. The zero-order valence-corrected chi connectivity index (χ0v) is 12.3. The molecule has 1 aromatic carbocycles. The minimum absolute atomic E-state index is 0.139. The zero-order valence-electron chi connectivity index (χ0n) is 11.5. The third-order valence-corrected chi connectivity index (χ3v) is 5.48. The van der Waals surface area contributed by atoms with E-state index in [0.717, 1.165) is 12.1 Å². The average Bonchev–Trinajstić information content (AvgIpc) is 2.70. The summed E-state index contributed by atoms with van der Waals surface area (Å²) in [5, 5.41) is 0. The predicted molar refractivity (Wildman–Crippen MR) is 71.4 cm³/mol. The smallest absolute Gasteiger partial charge is 0.246 e. The zero-order chi connectivity index (χ0) is 15.1. The topological polar surface area (TPSA) is 63.4 Å². The van der Waals surface area contributed by atoms with Crippen molar-refractivity contribution in [2.24, 2.45) is 11.1 Å². The molecule has 0 atom stereocenters. The van der Waals surface area contributed by atoms with Gasteiger partial charge in [-0.25, -0.2) is 17.2 Å². The van der Waals surface area contributed by atoms with Gasteiger partial charge in [-0.05, 0) is 24.0 Å². The van der Waals surface area contributed by atoms with Crippen molar-refractivity contribution in [3.63, 3.8) is 0 Å². The van der Waals surface area contributed by atoms with E-state index in [1.807, 2.05) is 13.8 Å². The van der Waals surface area contributed by atoms with Crippen LogP contribution in [0.3, 0.4) is 0 Å². The first kappa shape index (κ1) is 15.3. The molecule has 4 nitrogen and oxygen atoms in total. The normalized spacial score (nSPS) is 19.4.